The Labute approximate surface area is 142 Å². The molecule has 0 aliphatic carbocycles. The summed E-state index contributed by atoms with van der Waals surface area (Å²) in [5, 5.41) is -0.796. The van der Waals surface area contributed by atoms with Crippen LogP contribution in [0.25, 0.3) is 10.9 Å². The minimum absolute atomic E-state index is 0.173. The molecule has 3 nitrogen and oxygen atoms in total. The van der Waals surface area contributed by atoms with Gasteiger partial charge >= 0.3 is 6.18 Å². The minimum atomic E-state index is -4.79. The molecule has 0 aliphatic heterocycles. The predicted molar refractivity (Wildman–Crippen MR) is 84.3 cm³/mol. The molecule has 0 fully saturated rings. The van der Waals surface area contributed by atoms with Gasteiger partial charge in [-0.3, -0.25) is 0 Å². The molecule has 130 valence electrons. The lowest BCUT2D eigenvalue weighted by molar-refractivity contribution is -0.137. The van der Waals surface area contributed by atoms with E-state index >= 15 is 0 Å². The fraction of sp³-hybridized carbons (Fsp3) is 0.118. The lowest BCUT2D eigenvalue weighted by Crippen LogP contribution is -2.06. The molecular weight excluding hydrogens is 358 g/mol. The molecule has 0 unspecified atom stereocenters. The highest BCUT2D eigenvalue weighted by Crippen LogP contribution is 2.31. The van der Waals surface area contributed by atoms with Crippen molar-refractivity contribution in [2.24, 2.45) is 0 Å². The molecule has 2 rings (SSSR count). The van der Waals surface area contributed by atoms with Gasteiger partial charge in [-0.2, -0.15) is 13.2 Å². The quantitative estimate of drug-likeness (QED) is 0.573. The number of hydrogen-bond acceptors (Lipinski definition) is 2. The number of alkyl halides is 3. The number of hydrogen-bond donors (Lipinski definition) is 0. The first-order chi connectivity index (χ1) is 11.5. The average Bonchev–Trinajstić information content (AvgIpc) is 2.51. The van der Waals surface area contributed by atoms with Gasteiger partial charge in [0.15, 0.2) is 0 Å². The van der Waals surface area contributed by atoms with Crippen LogP contribution < -0.4 is 0 Å². The minimum Gasteiger partial charge on any atom is -0.230 e. The van der Waals surface area contributed by atoms with Crippen LogP contribution >= 0.6 is 0 Å². The smallest absolute Gasteiger partial charge is 0.230 e. The molecule has 8 heteroatoms. The first kappa shape index (κ1) is 18.7. The van der Waals surface area contributed by atoms with Crippen LogP contribution in [0, 0.1) is 19.3 Å². The van der Waals surface area contributed by atoms with E-state index in [1.54, 1.807) is 6.92 Å². The maximum Gasteiger partial charge on any atom is 0.416 e. The molecule has 2 aromatic carbocycles. The molecule has 0 bridgehead atoms. The van der Waals surface area contributed by atoms with E-state index in [1.165, 1.54) is 24.3 Å². The van der Waals surface area contributed by atoms with E-state index in [9.17, 15) is 26.0 Å². The van der Waals surface area contributed by atoms with E-state index in [4.69, 9.17) is 6.57 Å². The monoisotopic (exact) mass is 369 g/mol. The van der Waals surface area contributed by atoms with Crippen LogP contribution in [-0.4, -0.2) is 8.42 Å². The molecule has 2 aromatic rings. The molecule has 0 atom stereocenters. The van der Waals surface area contributed by atoms with Crippen molar-refractivity contribution < 1.29 is 26.0 Å². The molecule has 0 aromatic heterocycles. The Hall–Kier alpha value is -2.66. The van der Waals surface area contributed by atoms with Crippen molar-refractivity contribution in [2.45, 2.75) is 18.0 Å². The van der Waals surface area contributed by atoms with Gasteiger partial charge in [0.2, 0.25) is 9.84 Å². The number of benzene rings is 2. The largest absolute Gasteiger partial charge is 0.416 e. The predicted octanol–water partition coefficient (Wildman–Crippen LogP) is 4.84. The van der Waals surface area contributed by atoms with Crippen molar-refractivity contribution in [1.29, 1.82) is 0 Å². The van der Waals surface area contributed by atoms with Crippen LogP contribution in [0.2, 0.25) is 0 Å². The third-order valence-corrected chi connectivity index (χ3v) is 4.91. The van der Waals surface area contributed by atoms with Gasteiger partial charge in [-0.15, -0.1) is 0 Å². The van der Waals surface area contributed by atoms with Crippen LogP contribution in [0.3, 0.4) is 0 Å². The Bertz CT molecular complexity index is 969. The maximum absolute atomic E-state index is 13.4. The zero-order valence-corrected chi connectivity index (χ0v) is 13.6. The third-order valence-electron chi connectivity index (χ3n) is 3.25. The van der Waals surface area contributed by atoms with Crippen molar-refractivity contribution in [3.63, 3.8) is 0 Å². The second kappa shape index (κ2) is 6.69. The summed E-state index contributed by atoms with van der Waals surface area (Å²) in [6.45, 7) is 8.79. The van der Waals surface area contributed by atoms with Gasteiger partial charge in [-0.1, -0.05) is 17.7 Å². The molecule has 25 heavy (non-hydrogen) atoms. The van der Waals surface area contributed by atoms with Crippen molar-refractivity contribution in [3.05, 3.63) is 81.4 Å². The average molecular weight is 369 g/mol. The summed E-state index contributed by atoms with van der Waals surface area (Å²) in [4.78, 5) is 2.72. The lowest BCUT2D eigenvalue weighted by Gasteiger charge is -2.08. The highest BCUT2D eigenvalue weighted by atomic mass is 32.2. The molecular formula is C17H11F4NO2S. The van der Waals surface area contributed by atoms with E-state index in [1.807, 2.05) is 0 Å². The summed E-state index contributed by atoms with van der Waals surface area (Å²) in [6, 6.07) is 7.23. The van der Waals surface area contributed by atoms with Gasteiger partial charge in [-0.25, -0.2) is 17.7 Å². The number of nitrogens with zero attached hydrogens (tertiary/aromatic N) is 1. The Balaban J connectivity index is 2.56. The van der Waals surface area contributed by atoms with Gasteiger partial charge in [-0.05, 0) is 48.9 Å². The molecule has 0 amide bonds. The van der Waals surface area contributed by atoms with Crippen LogP contribution in [0.5, 0.6) is 0 Å². The van der Waals surface area contributed by atoms with Crippen molar-refractivity contribution in [2.75, 3.05) is 0 Å². The summed E-state index contributed by atoms with van der Waals surface area (Å²) in [6.07, 6.45) is -4.07. The van der Waals surface area contributed by atoms with Crippen LogP contribution in [0.1, 0.15) is 16.7 Å². The Kier molecular flexibility index (Phi) is 4.99. The normalized spacial score (nSPS) is 12.7. The van der Waals surface area contributed by atoms with Gasteiger partial charge in [0.25, 0.3) is 5.03 Å². The van der Waals surface area contributed by atoms with Crippen LogP contribution in [0.4, 0.5) is 17.6 Å². The van der Waals surface area contributed by atoms with Crippen molar-refractivity contribution in [3.8, 4) is 0 Å². The summed E-state index contributed by atoms with van der Waals surface area (Å²) in [5.41, 5.74) is -0.836. The van der Waals surface area contributed by atoms with Crippen molar-refractivity contribution >= 4 is 15.9 Å². The second-order valence-corrected chi connectivity index (χ2v) is 7.08. The fourth-order valence-corrected chi connectivity index (χ4v) is 3.16. The first-order valence-corrected chi connectivity index (χ1v) is 8.31. The molecule has 0 aliphatic rings. The van der Waals surface area contributed by atoms with Gasteiger partial charge in [0, 0.05) is 0 Å². The zero-order valence-electron chi connectivity index (χ0n) is 12.8. The number of sulfone groups is 1. The maximum atomic E-state index is 13.4. The first-order valence-electron chi connectivity index (χ1n) is 6.83. The van der Waals surface area contributed by atoms with E-state index in [-0.39, 0.29) is 10.5 Å². The molecule has 0 saturated carbocycles. The molecule has 0 heterocycles. The van der Waals surface area contributed by atoms with Crippen LogP contribution in [0.15, 0.2) is 52.4 Å². The molecule has 0 N–H and O–H groups in total. The summed E-state index contributed by atoms with van der Waals surface area (Å²) in [5.74, 6) is -1.18. The zero-order chi connectivity index (χ0) is 18.8. The fourth-order valence-electron chi connectivity index (χ4n) is 2.01. The summed E-state index contributed by atoms with van der Waals surface area (Å²) < 4.78 is 76.5. The number of halogens is 4. The molecule has 0 saturated heterocycles. The third kappa shape index (κ3) is 4.25. The topological polar surface area (TPSA) is 38.5 Å². The van der Waals surface area contributed by atoms with E-state index in [2.05, 4.69) is 4.85 Å². The summed E-state index contributed by atoms with van der Waals surface area (Å²) in [7, 11) is -4.22. The molecule has 0 spiro atoms. The second-order valence-electron chi connectivity index (χ2n) is 5.18. The van der Waals surface area contributed by atoms with E-state index in [0.29, 0.717) is 12.1 Å². The van der Waals surface area contributed by atoms with E-state index in [0.717, 1.165) is 17.7 Å². The molecule has 0 radical (unpaired) electrons. The number of aryl methyl sites for hydroxylation is 1. The van der Waals surface area contributed by atoms with E-state index < -0.39 is 32.4 Å². The SMILES string of the molecule is [C-]#[N+]/C(=C\c1cc(F)cc(C(F)(F)F)c1)S(=O)(=O)c1ccc(C)cc1. The number of rotatable bonds is 3. The highest BCUT2D eigenvalue weighted by molar-refractivity contribution is 7.95. The Morgan fingerprint density at radius 1 is 1.12 bits per heavy atom. The van der Waals surface area contributed by atoms with Crippen molar-refractivity contribution in [1.82, 2.24) is 0 Å². The lowest BCUT2D eigenvalue weighted by atomic mass is 10.1. The summed E-state index contributed by atoms with van der Waals surface area (Å²) >= 11 is 0. The van der Waals surface area contributed by atoms with Crippen LogP contribution in [-0.2, 0) is 16.0 Å². The Morgan fingerprint density at radius 3 is 2.24 bits per heavy atom. The van der Waals surface area contributed by atoms with Gasteiger partial charge in [0.05, 0.1) is 17.0 Å². The highest BCUT2D eigenvalue weighted by Gasteiger charge is 2.31. The Morgan fingerprint density at radius 2 is 1.72 bits per heavy atom. The van der Waals surface area contributed by atoms with Gasteiger partial charge in [0.1, 0.15) is 5.82 Å². The standard InChI is InChI=1S/C17H11F4NO2S/c1-11-3-5-15(6-4-11)25(23,24)16(22-2)9-12-7-13(17(19,20)21)10-14(18)8-12/h3-10H,1H3/b16-9+. The van der Waals surface area contributed by atoms with Gasteiger partial charge < -0.3 is 0 Å².